The number of hydrogen-bond donors (Lipinski definition) is 1. The molecule has 0 fully saturated rings. The fourth-order valence-corrected chi connectivity index (χ4v) is 2.25. The highest BCUT2D eigenvalue weighted by atomic mass is 19.1. The van der Waals surface area contributed by atoms with E-state index in [1.165, 1.54) is 6.07 Å². The predicted molar refractivity (Wildman–Crippen MR) is 89.3 cm³/mol. The van der Waals surface area contributed by atoms with E-state index in [9.17, 15) is 14.0 Å². The van der Waals surface area contributed by atoms with Crippen molar-refractivity contribution in [2.24, 2.45) is 0 Å². The number of carbonyl (C=O) groups is 2. The Morgan fingerprint density at radius 2 is 1.88 bits per heavy atom. The molecule has 1 N–H and O–H groups in total. The molecule has 0 aromatic heterocycles. The first-order valence-corrected chi connectivity index (χ1v) is 7.72. The van der Waals surface area contributed by atoms with E-state index in [1.807, 2.05) is 26.0 Å². The molecule has 0 spiro atoms. The molecule has 0 bridgehead atoms. The minimum absolute atomic E-state index is 0.279. The van der Waals surface area contributed by atoms with E-state index in [2.05, 4.69) is 5.32 Å². The van der Waals surface area contributed by atoms with Crippen molar-refractivity contribution in [3.05, 3.63) is 70.5 Å². The molecule has 0 aliphatic rings. The lowest BCUT2D eigenvalue weighted by molar-refractivity contribution is -0.124. The van der Waals surface area contributed by atoms with Crippen molar-refractivity contribution >= 4 is 11.9 Å². The number of halogens is 1. The van der Waals surface area contributed by atoms with Gasteiger partial charge in [0.15, 0.2) is 6.61 Å². The fraction of sp³-hybridized carbons (Fsp3) is 0.263. The number of esters is 1. The third-order valence-corrected chi connectivity index (χ3v) is 3.62. The van der Waals surface area contributed by atoms with Crippen LogP contribution in [0.15, 0.2) is 42.5 Å². The zero-order valence-electron chi connectivity index (χ0n) is 13.8. The fourth-order valence-electron chi connectivity index (χ4n) is 2.25. The van der Waals surface area contributed by atoms with Crippen molar-refractivity contribution in [2.45, 2.75) is 20.3 Å². The lowest BCUT2D eigenvalue weighted by Crippen LogP contribution is -2.30. The summed E-state index contributed by atoms with van der Waals surface area (Å²) >= 11 is 0. The van der Waals surface area contributed by atoms with Crippen LogP contribution in [-0.4, -0.2) is 25.0 Å². The quantitative estimate of drug-likeness (QED) is 0.829. The van der Waals surface area contributed by atoms with Crippen molar-refractivity contribution in [1.29, 1.82) is 0 Å². The van der Waals surface area contributed by atoms with E-state index in [1.54, 1.807) is 24.3 Å². The summed E-state index contributed by atoms with van der Waals surface area (Å²) in [6, 6.07) is 11.9. The molecule has 0 saturated carbocycles. The van der Waals surface area contributed by atoms with Crippen LogP contribution < -0.4 is 5.32 Å². The Kier molecular flexibility index (Phi) is 6.07. The zero-order chi connectivity index (χ0) is 17.5. The van der Waals surface area contributed by atoms with Gasteiger partial charge in [0.05, 0.1) is 5.56 Å². The van der Waals surface area contributed by atoms with E-state index >= 15 is 0 Å². The largest absolute Gasteiger partial charge is 0.452 e. The molecule has 24 heavy (non-hydrogen) atoms. The van der Waals surface area contributed by atoms with Crippen LogP contribution in [0.3, 0.4) is 0 Å². The van der Waals surface area contributed by atoms with Crippen molar-refractivity contribution in [2.75, 3.05) is 13.2 Å². The van der Waals surface area contributed by atoms with E-state index in [0.29, 0.717) is 17.5 Å². The van der Waals surface area contributed by atoms with Gasteiger partial charge in [0, 0.05) is 6.54 Å². The molecule has 5 heteroatoms. The highest BCUT2D eigenvalue weighted by Gasteiger charge is 2.12. The Morgan fingerprint density at radius 1 is 1.12 bits per heavy atom. The normalized spacial score (nSPS) is 10.3. The third-order valence-electron chi connectivity index (χ3n) is 3.62. The Hall–Kier alpha value is -2.69. The summed E-state index contributed by atoms with van der Waals surface area (Å²) in [7, 11) is 0. The lowest BCUT2D eigenvalue weighted by Gasteiger charge is -2.09. The summed E-state index contributed by atoms with van der Waals surface area (Å²) in [5.41, 5.74) is 2.73. The van der Waals surface area contributed by atoms with E-state index < -0.39 is 11.9 Å². The van der Waals surface area contributed by atoms with E-state index in [4.69, 9.17) is 4.74 Å². The SMILES string of the molecule is Cc1ccc(C)c(C(=O)OCC(=O)NCCc2ccccc2F)c1. The van der Waals surface area contributed by atoms with Crippen LogP contribution in [0.2, 0.25) is 0 Å². The van der Waals surface area contributed by atoms with Gasteiger partial charge in [0.2, 0.25) is 0 Å². The number of benzene rings is 2. The Morgan fingerprint density at radius 3 is 2.62 bits per heavy atom. The second kappa shape index (κ2) is 8.24. The summed E-state index contributed by atoms with van der Waals surface area (Å²) in [4.78, 5) is 23.7. The first-order valence-electron chi connectivity index (χ1n) is 7.72. The Labute approximate surface area is 140 Å². The molecule has 0 saturated heterocycles. The number of hydrogen-bond acceptors (Lipinski definition) is 3. The van der Waals surface area contributed by atoms with Gasteiger partial charge in [-0.25, -0.2) is 9.18 Å². The van der Waals surface area contributed by atoms with Crippen LogP contribution in [0, 0.1) is 19.7 Å². The number of rotatable bonds is 6. The molecule has 4 nitrogen and oxygen atoms in total. The van der Waals surface area contributed by atoms with Gasteiger partial charge in [-0.15, -0.1) is 0 Å². The van der Waals surface area contributed by atoms with Crippen LogP contribution >= 0.6 is 0 Å². The molecule has 2 aromatic rings. The van der Waals surface area contributed by atoms with Gasteiger partial charge < -0.3 is 10.1 Å². The highest BCUT2D eigenvalue weighted by molar-refractivity contribution is 5.92. The molecule has 2 aromatic carbocycles. The molecule has 0 aliphatic carbocycles. The average molecular weight is 329 g/mol. The molecule has 126 valence electrons. The Balaban J connectivity index is 1.78. The first kappa shape index (κ1) is 17.7. The van der Waals surface area contributed by atoms with Gasteiger partial charge in [0.1, 0.15) is 5.82 Å². The summed E-state index contributed by atoms with van der Waals surface area (Å²) in [6.45, 7) is 3.61. The van der Waals surface area contributed by atoms with E-state index in [-0.39, 0.29) is 19.0 Å². The molecule has 0 unspecified atom stereocenters. The highest BCUT2D eigenvalue weighted by Crippen LogP contribution is 2.12. The second-order valence-corrected chi connectivity index (χ2v) is 5.59. The number of amides is 1. The minimum Gasteiger partial charge on any atom is -0.452 e. The maximum absolute atomic E-state index is 13.4. The third kappa shape index (κ3) is 4.91. The standard InChI is InChI=1S/C19H20FNO3/c1-13-7-8-14(2)16(11-13)19(23)24-12-18(22)21-10-9-15-5-3-4-6-17(15)20/h3-8,11H,9-10,12H2,1-2H3,(H,21,22). The molecule has 1 amide bonds. The number of ether oxygens (including phenoxy) is 1. The second-order valence-electron chi connectivity index (χ2n) is 5.59. The van der Waals surface area contributed by atoms with E-state index in [0.717, 1.165) is 11.1 Å². The predicted octanol–water partition coefficient (Wildman–Crippen LogP) is 2.96. The maximum Gasteiger partial charge on any atom is 0.338 e. The van der Waals surface area contributed by atoms with Crippen molar-refractivity contribution < 1.29 is 18.7 Å². The Bertz CT molecular complexity index is 743. The topological polar surface area (TPSA) is 55.4 Å². The van der Waals surface area contributed by atoms with Crippen LogP contribution in [-0.2, 0) is 16.0 Å². The van der Waals surface area contributed by atoms with Gasteiger partial charge in [0.25, 0.3) is 5.91 Å². The van der Waals surface area contributed by atoms with Gasteiger partial charge in [-0.05, 0) is 43.5 Å². The van der Waals surface area contributed by atoms with Crippen molar-refractivity contribution in [3.8, 4) is 0 Å². The summed E-state index contributed by atoms with van der Waals surface area (Å²) < 4.78 is 18.5. The van der Waals surface area contributed by atoms with Gasteiger partial charge in [-0.1, -0.05) is 35.9 Å². The number of nitrogens with one attached hydrogen (secondary N) is 1. The summed E-state index contributed by atoms with van der Waals surface area (Å²) in [5, 5.41) is 2.61. The smallest absolute Gasteiger partial charge is 0.338 e. The maximum atomic E-state index is 13.4. The molecule has 0 atom stereocenters. The molecular formula is C19H20FNO3. The molecule has 0 heterocycles. The lowest BCUT2D eigenvalue weighted by atomic mass is 10.1. The number of aryl methyl sites for hydroxylation is 2. The van der Waals surface area contributed by atoms with Crippen LogP contribution in [0.5, 0.6) is 0 Å². The monoisotopic (exact) mass is 329 g/mol. The van der Waals surface area contributed by atoms with Crippen LogP contribution in [0.4, 0.5) is 4.39 Å². The van der Waals surface area contributed by atoms with Gasteiger partial charge in [-0.3, -0.25) is 4.79 Å². The molecular weight excluding hydrogens is 309 g/mol. The van der Waals surface area contributed by atoms with Crippen LogP contribution in [0.25, 0.3) is 0 Å². The number of carbonyl (C=O) groups excluding carboxylic acids is 2. The molecule has 0 radical (unpaired) electrons. The van der Waals surface area contributed by atoms with Gasteiger partial charge in [-0.2, -0.15) is 0 Å². The van der Waals surface area contributed by atoms with Crippen LogP contribution in [0.1, 0.15) is 27.0 Å². The van der Waals surface area contributed by atoms with Crippen molar-refractivity contribution in [1.82, 2.24) is 5.32 Å². The summed E-state index contributed by atoms with van der Waals surface area (Å²) in [6.07, 6.45) is 0.378. The zero-order valence-corrected chi connectivity index (χ0v) is 13.8. The van der Waals surface area contributed by atoms with Crippen molar-refractivity contribution in [3.63, 3.8) is 0 Å². The minimum atomic E-state index is -0.527. The summed E-state index contributed by atoms with van der Waals surface area (Å²) in [5.74, 6) is -1.24. The average Bonchev–Trinajstić information content (AvgIpc) is 2.56. The molecule has 0 aliphatic heterocycles. The first-order chi connectivity index (χ1) is 11.5. The van der Waals surface area contributed by atoms with Gasteiger partial charge >= 0.3 is 5.97 Å². The molecule has 2 rings (SSSR count).